The van der Waals surface area contributed by atoms with Crippen molar-refractivity contribution in [2.45, 2.75) is 6.92 Å². The number of benzene rings is 1. The Labute approximate surface area is 139 Å². The number of nitrogens with one attached hydrogen (secondary N) is 1. The normalized spacial score (nSPS) is 10.3. The van der Waals surface area contributed by atoms with Crippen LogP contribution in [0.1, 0.15) is 5.56 Å². The van der Waals surface area contributed by atoms with Crippen LogP contribution in [0.3, 0.4) is 0 Å². The van der Waals surface area contributed by atoms with Crippen LogP contribution in [0.15, 0.2) is 21.1 Å². The zero-order chi connectivity index (χ0) is 16.0. The molecule has 0 atom stereocenters. The summed E-state index contributed by atoms with van der Waals surface area (Å²) < 4.78 is 6.31. The van der Waals surface area contributed by atoms with E-state index in [1.165, 1.54) is 12.0 Å². The lowest BCUT2D eigenvalue weighted by molar-refractivity contribution is -0.137. The van der Waals surface area contributed by atoms with Gasteiger partial charge in [-0.15, -0.1) is 0 Å². The molecule has 0 aromatic heterocycles. The molecule has 8 heteroatoms. The highest BCUT2D eigenvalue weighted by Crippen LogP contribution is 2.32. The quantitative estimate of drug-likeness (QED) is 0.736. The average Bonchev–Trinajstić information content (AvgIpc) is 2.38. The average molecular weight is 424 g/mol. The van der Waals surface area contributed by atoms with Crippen molar-refractivity contribution in [2.24, 2.45) is 0 Å². The molecule has 116 valence electrons. The standard InChI is InChI=1S/C13H16Br2N2O4/c1-8-5-9(14)12(10(15)6-8)16-13(20)17(3-4-21-2)7-11(18)19/h5-6H,3-4,7H2,1-2H3,(H,16,20)(H,18,19). The lowest BCUT2D eigenvalue weighted by atomic mass is 10.2. The number of hydrogen-bond acceptors (Lipinski definition) is 3. The number of rotatable bonds is 6. The van der Waals surface area contributed by atoms with Crippen LogP contribution in [0.25, 0.3) is 0 Å². The maximum absolute atomic E-state index is 12.2. The van der Waals surface area contributed by atoms with E-state index < -0.39 is 18.5 Å². The Kier molecular flexibility index (Phi) is 7.13. The van der Waals surface area contributed by atoms with Crippen molar-refractivity contribution in [2.75, 3.05) is 32.1 Å². The van der Waals surface area contributed by atoms with E-state index in [-0.39, 0.29) is 13.2 Å². The van der Waals surface area contributed by atoms with Gasteiger partial charge in [0.15, 0.2) is 0 Å². The molecule has 21 heavy (non-hydrogen) atoms. The number of carboxylic acids is 1. The second-order valence-corrected chi connectivity index (χ2v) is 6.05. The summed E-state index contributed by atoms with van der Waals surface area (Å²) in [6.45, 7) is 1.99. The van der Waals surface area contributed by atoms with Gasteiger partial charge in [0.1, 0.15) is 6.54 Å². The Morgan fingerprint density at radius 1 is 1.33 bits per heavy atom. The van der Waals surface area contributed by atoms with Crippen molar-refractivity contribution in [3.8, 4) is 0 Å². The minimum absolute atomic E-state index is 0.190. The van der Waals surface area contributed by atoms with Gasteiger partial charge in [-0.3, -0.25) is 4.79 Å². The van der Waals surface area contributed by atoms with E-state index in [9.17, 15) is 9.59 Å². The van der Waals surface area contributed by atoms with E-state index in [2.05, 4.69) is 37.2 Å². The summed E-state index contributed by atoms with van der Waals surface area (Å²) in [5, 5.41) is 11.6. The van der Waals surface area contributed by atoms with E-state index in [1.54, 1.807) is 0 Å². The number of carbonyl (C=O) groups excluding carboxylic acids is 1. The smallest absolute Gasteiger partial charge is 0.323 e. The largest absolute Gasteiger partial charge is 0.480 e. The number of amides is 2. The van der Waals surface area contributed by atoms with Crippen LogP contribution in [0, 0.1) is 6.92 Å². The molecule has 2 N–H and O–H groups in total. The van der Waals surface area contributed by atoms with Gasteiger partial charge in [0.05, 0.1) is 12.3 Å². The maximum atomic E-state index is 12.2. The van der Waals surface area contributed by atoms with E-state index >= 15 is 0 Å². The van der Waals surface area contributed by atoms with Crippen molar-refractivity contribution >= 4 is 49.5 Å². The first-order chi connectivity index (χ1) is 9.85. The molecule has 0 bridgehead atoms. The van der Waals surface area contributed by atoms with Crippen LogP contribution in [0.5, 0.6) is 0 Å². The Bertz CT molecular complexity index is 514. The summed E-state index contributed by atoms with van der Waals surface area (Å²) in [5.74, 6) is -1.08. The fourth-order valence-corrected chi connectivity index (χ4v) is 3.24. The molecule has 0 aliphatic rings. The number of carboxylic acid groups (broad SMARTS) is 1. The van der Waals surface area contributed by atoms with Crippen LogP contribution in [0.2, 0.25) is 0 Å². The highest BCUT2D eigenvalue weighted by molar-refractivity contribution is 9.11. The van der Waals surface area contributed by atoms with E-state index in [0.717, 1.165) is 5.56 Å². The van der Waals surface area contributed by atoms with Crippen LogP contribution in [0.4, 0.5) is 10.5 Å². The number of hydrogen-bond donors (Lipinski definition) is 2. The van der Waals surface area contributed by atoms with Gasteiger partial charge in [-0.05, 0) is 56.5 Å². The van der Waals surface area contributed by atoms with E-state index in [0.29, 0.717) is 14.6 Å². The first-order valence-electron chi connectivity index (χ1n) is 6.07. The molecule has 0 unspecified atom stereocenters. The van der Waals surface area contributed by atoms with Crippen molar-refractivity contribution in [1.29, 1.82) is 0 Å². The predicted molar refractivity (Wildman–Crippen MR) is 86.7 cm³/mol. The third-order valence-electron chi connectivity index (χ3n) is 2.60. The number of urea groups is 1. The molecule has 0 heterocycles. The van der Waals surface area contributed by atoms with Crippen LogP contribution >= 0.6 is 31.9 Å². The van der Waals surface area contributed by atoms with Gasteiger partial charge in [-0.1, -0.05) is 0 Å². The predicted octanol–water partition coefficient (Wildman–Crippen LogP) is 3.08. The van der Waals surface area contributed by atoms with E-state index in [4.69, 9.17) is 9.84 Å². The van der Waals surface area contributed by atoms with E-state index in [1.807, 2.05) is 19.1 Å². The molecule has 0 radical (unpaired) electrons. The maximum Gasteiger partial charge on any atom is 0.323 e. The van der Waals surface area contributed by atoms with Gasteiger partial charge in [0.2, 0.25) is 0 Å². The summed E-state index contributed by atoms with van der Waals surface area (Å²) in [4.78, 5) is 24.2. The number of anilines is 1. The summed E-state index contributed by atoms with van der Waals surface area (Å²) in [5.41, 5.74) is 1.58. The number of halogens is 2. The Morgan fingerprint density at radius 3 is 2.38 bits per heavy atom. The van der Waals surface area contributed by atoms with Crippen LogP contribution in [-0.4, -0.2) is 48.8 Å². The second-order valence-electron chi connectivity index (χ2n) is 4.34. The van der Waals surface area contributed by atoms with Crippen molar-refractivity contribution in [1.82, 2.24) is 4.90 Å². The second kappa shape index (κ2) is 8.35. The number of carbonyl (C=O) groups is 2. The summed E-state index contributed by atoms with van der Waals surface area (Å²) >= 11 is 6.75. The first-order valence-corrected chi connectivity index (χ1v) is 7.66. The molecular formula is C13H16Br2N2O4. The fourth-order valence-electron chi connectivity index (χ4n) is 1.62. The number of ether oxygens (including phenoxy) is 1. The SMILES string of the molecule is COCCN(CC(=O)O)C(=O)Nc1c(Br)cc(C)cc1Br. The van der Waals surface area contributed by atoms with Gasteiger partial charge in [-0.25, -0.2) is 4.79 Å². The zero-order valence-electron chi connectivity index (χ0n) is 11.7. The van der Waals surface area contributed by atoms with Gasteiger partial charge < -0.3 is 20.1 Å². The highest BCUT2D eigenvalue weighted by atomic mass is 79.9. The minimum Gasteiger partial charge on any atom is -0.480 e. The van der Waals surface area contributed by atoms with Crippen LogP contribution in [-0.2, 0) is 9.53 Å². The lowest BCUT2D eigenvalue weighted by Gasteiger charge is -2.21. The van der Waals surface area contributed by atoms with Gasteiger partial charge in [-0.2, -0.15) is 0 Å². The lowest BCUT2D eigenvalue weighted by Crippen LogP contribution is -2.40. The highest BCUT2D eigenvalue weighted by Gasteiger charge is 2.18. The van der Waals surface area contributed by atoms with Crippen molar-refractivity contribution in [3.63, 3.8) is 0 Å². The third kappa shape index (κ3) is 5.64. The summed E-state index contributed by atoms with van der Waals surface area (Å²) in [7, 11) is 1.49. The Hall–Kier alpha value is -1.12. The molecular weight excluding hydrogens is 408 g/mol. The molecule has 0 spiro atoms. The molecule has 0 fully saturated rings. The van der Waals surface area contributed by atoms with Crippen molar-refractivity contribution in [3.05, 3.63) is 26.6 Å². The number of nitrogens with zero attached hydrogens (tertiary/aromatic N) is 1. The summed E-state index contributed by atoms with van der Waals surface area (Å²) in [6.07, 6.45) is 0. The molecule has 6 nitrogen and oxygen atoms in total. The molecule has 0 aliphatic carbocycles. The molecule has 1 aromatic carbocycles. The monoisotopic (exact) mass is 422 g/mol. The van der Waals surface area contributed by atoms with Crippen molar-refractivity contribution < 1.29 is 19.4 Å². The van der Waals surface area contributed by atoms with Gasteiger partial charge in [0, 0.05) is 22.6 Å². The van der Waals surface area contributed by atoms with Gasteiger partial charge in [0.25, 0.3) is 0 Å². The molecule has 0 saturated heterocycles. The summed E-state index contributed by atoms with van der Waals surface area (Å²) in [6, 6.07) is 3.22. The molecule has 1 rings (SSSR count). The number of aliphatic carboxylic acids is 1. The molecule has 0 aliphatic heterocycles. The van der Waals surface area contributed by atoms with Gasteiger partial charge >= 0.3 is 12.0 Å². The molecule has 0 saturated carbocycles. The van der Waals surface area contributed by atoms with Crippen LogP contribution < -0.4 is 5.32 Å². The first kappa shape index (κ1) is 17.9. The number of aryl methyl sites for hydroxylation is 1. The zero-order valence-corrected chi connectivity index (χ0v) is 14.8. The number of methoxy groups -OCH3 is 1. The Balaban J connectivity index is 2.88. The Morgan fingerprint density at radius 2 is 1.90 bits per heavy atom. The third-order valence-corrected chi connectivity index (χ3v) is 3.85. The minimum atomic E-state index is -1.08. The molecule has 2 amide bonds. The molecule has 1 aromatic rings. The topological polar surface area (TPSA) is 78.9 Å². The fraction of sp³-hybridized carbons (Fsp3) is 0.385.